The summed E-state index contributed by atoms with van der Waals surface area (Å²) in [5.41, 5.74) is 7.08. The molecule has 1 aromatic heterocycles. The Hall–Kier alpha value is -1.66. The number of amides is 1. The van der Waals surface area contributed by atoms with Gasteiger partial charge in [-0.2, -0.15) is 0 Å². The highest BCUT2D eigenvalue weighted by Crippen LogP contribution is 2.24. The van der Waals surface area contributed by atoms with E-state index in [1.54, 1.807) is 13.2 Å². The number of nitrogens with two attached hydrogens (primary N) is 1. The highest BCUT2D eigenvalue weighted by molar-refractivity contribution is 7.22. The first kappa shape index (κ1) is 12.8. The molecule has 0 aliphatic heterocycles. The van der Waals surface area contributed by atoms with Gasteiger partial charge in [-0.25, -0.2) is 4.98 Å². The predicted molar refractivity (Wildman–Crippen MR) is 72.9 cm³/mol. The fourth-order valence-corrected chi connectivity index (χ4v) is 2.38. The van der Waals surface area contributed by atoms with E-state index in [-0.39, 0.29) is 5.91 Å². The summed E-state index contributed by atoms with van der Waals surface area (Å²) >= 11 is 1.38. The second-order valence-corrected chi connectivity index (χ2v) is 4.90. The first-order chi connectivity index (χ1) is 8.70. The van der Waals surface area contributed by atoms with Crippen molar-refractivity contribution in [3.8, 4) is 0 Å². The molecular weight excluding hydrogens is 250 g/mol. The van der Waals surface area contributed by atoms with E-state index in [2.05, 4.69) is 10.3 Å². The zero-order valence-corrected chi connectivity index (χ0v) is 10.9. The van der Waals surface area contributed by atoms with Crippen LogP contribution in [-0.4, -0.2) is 31.2 Å². The van der Waals surface area contributed by atoms with E-state index >= 15 is 0 Å². The largest absolute Gasteiger partial charge is 0.385 e. The van der Waals surface area contributed by atoms with Crippen molar-refractivity contribution in [1.29, 1.82) is 0 Å². The Morgan fingerprint density at radius 1 is 1.56 bits per heavy atom. The Bertz CT molecular complexity index is 553. The molecule has 1 amide bonds. The van der Waals surface area contributed by atoms with Gasteiger partial charge in [0, 0.05) is 25.8 Å². The Balaban J connectivity index is 2.03. The van der Waals surface area contributed by atoms with Crippen LogP contribution in [0.2, 0.25) is 0 Å². The topological polar surface area (TPSA) is 77.2 Å². The molecule has 1 aromatic carbocycles. The van der Waals surface area contributed by atoms with Gasteiger partial charge >= 0.3 is 0 Å². The minimum atomic E-state index is -0.0834. The third kappa shape index (κ3) is 2.96. The molecule has 2 aromatic rings. The van der Waals surface area contributed by atoms with Crippen LogP contribution in [0.1, 0.15) is 16.8 Å². The number of nitrogen functional groups attached to an aromatic ring is 1. The number of benzene rings is 1. The fourth-order valence-electron chi connectivity index (χ4n) is 1.60. The summed E-state index contributed by atoms with van der Waals surface area (Å²) in [5.74, 6) is -0.0834. The second kappa shape index (κ2) is 5.79. The van der Waals surface area contributed by atoms with Gasteiger partial charge < -0.3 is 15.8 Å². The molecule has 0 radical (unpaired) electrons. The highest BCUT2D eigenvalue weighted by atomic mass is 32.1. The van der Waals surface area contributed by atoms with Crippen molar-refractivity contribution < 1.29 is 9.53 Å². The van der Waals surface area contributed by atoms with Crippen LogP contribution in [0, 0.1) is 0 Å². The van der Waals surface area contributed by atoms with Crippen molar-refractivity contribution >= 4 is 32.6 Å². The lowest BCUT2D eigenvalue weighted by Crippen LogP contribution is -2.25. The van der Waals surface area contributed by atoms with Crippen LogP contribution in [0.15, 0.2) is 18.2 Å². The number of carbonyl (C=O) groups excluding carboxylic acids is 1. The van der Waals surface area contributed by atoms with Gasteiger partial charge in [0.1, 0.15) is 0 Å². The van der Waals surface area contributed by atoms with E-state index in [0.717, 1.165) is 16.6 Å². The summed E-state index contributed by atoms with van der Waals surface area (Å²) in [4.78, 5) is 16.0. The number of hydrogen-bond donors (Lipinski definition) is 2. The molecule has 0 aliphatic carbocycles. The monoisotopic (exact) mass is 265 g/mol. The number of methoxy groups -OCH3 is 1. The maximum atomic E-state index is 11.9. The minimum absolute atomic E-state index is 0.0834. The van der Waals surface area contributed by atoms with E-state index in [9.17, 15) is 4.79 Å². The number of nitrogens with one attached hydrogen (secondary N) is 1. The lowest BCUT2D eigenvalue weighted by Gasteiger charge is -2.04. The summed E-state index contributed by atoms with van der Waals surface area (Å²) in [7, 11) is 1.64. The summed E-state index contributed by atoms with van der Waals surface area (Å²) in [6, 6.07) is 5.38. The number of fused-ring (bicyclic) bond motifs is 1. The number of hydrogen-bond acceptors (Lipinski definition) is 5. The van der Waals surface area contributed by atoms with Crippen molar-refractivity contribution in [2.75, 3.05) is 26.0 Å². The van der Waals surface area contributed by atoms with Gasteiger partial charge in [0.25, 0.3) is 5.91 Å². The third-order valence-corrected chi connectivity index (χ3v) is 3.33. The van der Waals surface area contributed by atoms with Crippen LogP contribution in [0.4, 0.5) is 5.13 Å². The standard InChI is InChI=1S/C12H15N3O2S/c1-17-6-2-5-14-11(16)8-3-4-9-10(7-8)18-12(13)15-9/h3-4,7H,2,5-6H2,1H3,(H2,13,15)(H,14,16). The average Bonchev–Trinajstić information content (AvgIpc) is 2.73. The molecule has 6 heteroatoms. The summed E-state index contributed by atoms with van der Waals surface area (Å²) in [6.07, 6.45) is 0.804. The van der Waals surface area contributed by atoms with Gasteiger partial charge in [-0.05, 0) is 24.6 Å². The number of ether oxygens (including phenoxy) is 1. The molecular formula is C12H15N3O2S. The van der Waals surface area contributed by atoms with Crippen LogP contribution >= 0.6 is 11.3 Å². The zero-order valence-electron chi connectivity index (χ0n) is 10.1. The quantitative estimate of drug-likeness (QED) is 0.806. The predicted octanol–water partition coefficient (Wildman–Crippen LogP) is 1.64. The first-order valence-electron chi connectivity index (χ1n) is 5.64. The molecule has 0 unspecified atom stereocenters. The molecule has 0 bridgehead atoms. The highest BCUT2D eigenvalue weighted by Gasteiger charge is 2.08. The molecule has 1 heterocycles. The second-order valence-electron chi connectivity index (χ2n) is 3.84. The van der Waals surface area contributed by atoms with E-state index in [1.807, 2.05) is 12.1 Å². The Morgan fingerprint density at radius 2 is 2.39 bits per heavy atom. The average molecular weight is 265 g/mol. The van der Waals surface area contributed by atoms with Crippen LogP contribution in [0.3, 0.4) is 0 Å². The number of nitrogens with zero attached hydrogens (tertiary/aromatic N) is 1. The van der Waals surface area contributed by atoms with E-state index in [0.29, 0.717) is 23.8 Å². The minimum Gasteiger partial charge on any atom is -0.385 e. The molecule has 3 N–H and O–H groups in total. The maximum absolute atomic E-state index is 11.9. The molecule has 0 saturated heterocycles. The Morgan fingerprint density at radius 3 is 3.17 bits per heavy atom. The zero-order chi connectivity index (χ0) is 13.0. The van der Waals surface area contributed by atoms with Gasteiger partial charge in [-0.3, -0.25) is 4.79 Å². The van der Waals surface area contributed by atoms with Crippen LogP contribution in [0.25, 0.3) is 10.2 Å². The number of rotatable bonds is 5. The number of carbonyl (C=O) groups is 1. The SMILES string of the molecule is COCCCNC(=O)c1ccc2nc(N)sc2c1. The molecule has 0 aliphatic rings. The lowest BCUT2D eigenvalue weighted by molar-refractivity contribution is 0.0949. The Labute approximate surface area is 109 Å². The molecule has 0 spiro atoms. The van der Waals surface area contributed by atoms with Crippen LogP contribution < -0.4 is 11.1 Å². The van der Waals surface area contributed by atoms with E-state index in [1.165, 1.54) is 11.3 Å². The first-order valence-corrected chi connectivity index (χ1v) is 6.45. The number of anilines is 1. The van der Waals surface area contributed by atoms with Crippen molar-refractivity contribution in [3.63, 3.8) is 0 Å². The maximum Gasteiger partial charge on any atom is 0.251 e. The summed E-state index contributed by atoms with van der Waals surface area (Å²) in [6.45, 7) is 1.25. The molecule has 0 atom stereocenters. The van der Waals surface area contributed by atoms with E-state index < -0.39 is 0 Å². The Kier molecular flexibility index (Phi) is 4.11. The molecule has 96 valence electrons. The van der Waals surface area contributed by atoms with Gasteiger partial charge in [0.15, 0.2) is 5.13 Å². The summed E-state index contributed by atoms with van der Waals surface area (Å²) < 4.78 is 5.85. The summed E-state index contributed by atoms with van der Waals surface area (Å²) in [5, 5.41) is 3.36. The van der Waals surface area contributed by atoms with Gasteiger partial charge in [0.2, 0.25) is 0 Å². The van der Waals surface area contributed by atoms with Crippen molar-refractivity contribution in [1.82, 2.24) is 10.3 Å². The van der Waals surface area contributed by atoms with Crippen molar-refractivity contribution in [2.45, 2.75) is 6.42 Å². The van der Waals surface area contributed by atoms with Gasteiger partial charge in [-0.15, -0.1) is 0 Å². The van der Waals surface area contributed by atoms with E-state index in [4.69, 9.17) is 10.5 Å². The normalized spacial score (nSPS) is 10.7. The number of aromatic nitrogens is 1. The van der Waals surface area contributed by atoms with Crippen LogP contribution in [-0.2, 0) is 4.74 Å². The van der Waals surface area contributed by atoms with Gasteiger partial charge in [0.05, 0.1) is 10.2 Å². The van der Waals surface area contributed by atoms with Crippen molar-refractivity contribution in [3.05, 3.63) is 23.8 Å². The third-order valence-electron chi connectivity index (χ3n) is 2.48. The molecule has 2 rings (SSSR count). The molecule has 0 fully saturated rings. The van der Waals surface area contributed by atoms with Crippen molar-refractivity contribution in [2.24, 2.45) is 0 Å². The molecule has 18 heavy (non-hydrogen) atoms. The number of thiazole rings is 1. The smallest absolute Gasteiger partial charge is 0.251 e. The lowest BCUT2D eigenvalue weighted by atomic mass is 10.2. The molecule has 0 saturated carbocycles. The molecule has 5 nitrogen and oxygen atoms in total. The van der Waals surface area contributed by atoms with Gasteiger partial charge in [-0.1, -0.05) is 11.3 Å². The van der Waals surface area contributed by atoms with Crippen LogP contribution in [0.5, 0.6) is 0 Å². The fraction of sp³-hybridized carbons (Fsp3) is 0.333.